The predicted molar refractivity (Wildman–Crippen MR) is 71.3 cm³/mol. The molecule has 3 fully saturated rings. The number of nitrogens with zero attached hydrogens (tertiary/aromatic N) is 1. The molecule has 0 aromatic heterocycles. The highest BCUT2D eigenvalue weighted by atomic mass is 16.5. The van der Waals surface area contributed by atoms with E-state index in [4.69, 9.17) is 9.84 Å². The van der Waals surface area contributed by atoms with E-state index < -0.39 is 5.97 Å². The van der Waals surface area contributed by atoms with Crippen molar-refractivity contribution >= 4 is 12.0 Å². The number of carboxylic acids is 1. The molecule has 1 unspecified atom stereocenters. The van der Waals surface area contributed by atoms with Gasteiger partial charge in [-0.15, -0.1) is 0 Å². The summed E-state index contributed by atoms with van der Waals surface area (Å²) >= 11 is 0. The first-order chi connectivity index (χ1) is 9.61. The molecule has 0 radical (unpaired) electrons. The van der Waals surface area contributed by atoms with Crippen molar-refractivity contribution in [1.82, 2.24) is 10.2 Å². The number of carboxylic acid groups (broad SMARTS) is 1. The van der Waals surface area contributed by atoms with Gasteiger partial charge in [-0.2, -0.15) is 0 Å². The number of hydrogen-bond donors (Lipinski definition) is 2. The molecule has 6 heteroatoms. The number of carbonyl (C=O) groups is 2. The maximum Gasteiger partial charge on any atom is 0.317 e. The standard InChI is InChI=1S/C14H22N2O4/c17-13(18)7-9-5-11(6-9)15-14(19)16-3-4-20-12(8-16)10-1-2-10/h9-12H,1-8H2,(H,15,19)(H,17,18). The fourth-order valence-electron chi connectivity index (χ4n) is 3.15. The van der Waals surface area contributed by atoms with E-state index in [2.05, 4.69) is 5.32 Å². The van der Waals surface area contributed by atoms with E-state index in [1.807, 2.05) is 4.90 Å². The van der Waals surface area contributed by atoms with Crippen LogP contribution in [0.3, 0.4) is 0 Å². The molecular weight excluding hydrogens is 260 g/mol. The Morgan fingerprint density at radius 3 is 2.70 bits per heavy atom. The number of urea groups is 1. The molecule has 2 saturated carbocycles. The van der Waals surface area contributed by atoms with Gasteiger partial charge in [0.15, 0.2) is 0 Å². The van der Waals surface area contributed by atoms with Crippen LogP contribution in [0.5, 0.6) is 0 Å². The summed E-state index contributed by atoms with van der Waals surface area (Å²) in [5, 5.41) is 11.7. The number of amides is 2. The molecule has 112 valence electrons. The fourth-order valence-corrected chi connectivity index (χ4v) is 3.15. The zero-order valence-corrected chi connectivity index (χ0v) is 11.6. The lowest BCUT2D eigenvalue weighted by Crippen LogP contribution is -2.54. The van der Waals surface area contributed by atoms with E-state index in [1.165, 1.54) is 12.8 Å². The number of morpholine rings is 1. The van der Waals surface area contributed by atoms with Gasteiger partial charge < -0.3 is 20.1 Å². The van der Waals surface area contributed by atoms with Crippen molar-refractivity contribution in [1.29, 1.82) is 0 Å². The molecule has 1 saturated heterocycles. The molecule has 0 aromatic carbocycles. The zero-order valence-electron chi connectivity index (χ0n) is 11.6. The first-order valence-electron chi connectivity index (χ1n) is 7.50. The van der Waals surface area contributed by atoms with Gasteiger partial charge in [0.05, 0.1) is 12.7 Å². The van der Waals surface area contributed by atoms with Crippen LogP contribution >= 0.6 is 0 Å². The van der Waals surface area contributed by atoms with Crippen molar-refractivity contribution in [2.24, 2.45) is 11.8 Å². The molecular formula is C14H22N2O4. The summed E-state index contributed by atoms with van der Waals surface area (Å²) < 4.78 is 5.70. The summed E-state index contributed by atoms with van der Waals surface area (Å²) in [6.07, 6.45) is 4.45. The van der Waals surface area contributed by atoms with Crippen LogP contribution in [0.25, 0.3) is 0 Å². The second-order valence-electron chi connectivity index (χ2n) is 6.27. The predicted octanol–water partition coefficient (Wildman–Crippen LogP) is 1.06. The minimum atomic E-state index is -0.750. The third kappa shape index (κ3) is 3.23. The Hall–Kier alpha value is -1.30. The maximum absolute atomic E-state index is 12.2. The van der Waals surface area contributed by atoms with Crippen LogP contribution < -0.4 is 5.32 Å². The lowest BCUT2D eigenvalue weighted by molar-refractivity contribution is -0.138. The smallest absolute Gasteiger partial charge is 0.317 e. The number of carbonyl (C=O) groups excluding carboxylic acids is 1. The van der Waals surface area contributed by atoms with Gasteiger partial charge in [0.2, 0.25) is 0 Å². The van der Waals surface area contributed by atoms with Crippen LogP contribution in [0.4, 0.5) is 4.79 Å². The average Bonchev–Trinajstić information content (AvgIpc) is 3.20. The molecule has 2 N–H and O–H groups in total. The molecule has 1 aliphatic heterocycles. The monoisotopic (exact) mass is 282 g/mol. The minimum absolute atomic E-state index is 0.0160. The van der Waals surface area contributed by atoms with Crippen LogP contribution in [0.2, 0.25) is 0 Å². The van der Waals surface area contributed by atoms with E-state index in [1.54, 1.807) is 0 Å². The number of aliphatic carboxylic acids is 1. The third-order valence-electron chi connectivity index (χ3n) is 4.56. The Kier molecular flexibility index (Phi) is 3.83. The van der Waals surface area contributed by atoms with Crippen LogP contribution in [0.15, 0.2) is 0 Å². The molecule has 1 atom stereocenters. The minimum Gasteiger partial charge on any atom is -0.481 e. The summed E-state index contributed by atoms with van der Waals surface area (Å²) in [6.45, 7) is 1.98. The Labute approximate surface area is 118 Å². The van der Waals surface area contributed by atoms with E-state index in [9.17, 15) is 9.59 Å². The number of ether oxygens (including phenoxy) is 1. The normalized spacial score (nSPS) is 33.4. The van der Waals surface area contributed by atoms with Crippen LogP contribution in [0, 0.1) is 11.8 Å². The van der Waals surface area contributed by atoms with Gasteiger partial charge in [-0.25, -0.2) is 4.79 Å². The van der Waals surface area contributed by atoms with Crippen molar-refractivity contribution < 1.29 is 19.4 Å². The Morgan fingerprint density at radius 2 is 2.05 bits per heavy atom. The second kappa shape index (κ2) is 5.60. The van der Waals surface area contributed by atoms with Crippen molar-refractivity contribution in [2.45, 2.75) is 44.2 Å². The van der Waals surface area contributed by atoms with Gasteiger partial charge in [-0.3, -0.25) is 4.79 Å². The highest BCUT2D eigenvalue weighted by molar-refractivity contribution is 5.75. The average molecular weight is 282 g/mol. The van der Waals surface area contributed by atoms with Crippen LogP contribution in [0.1, 0.15) is 32.1 Å². The fraction of sp³-hybridized carbons (Fsp3) is 0.857. The Morgan fingerprint density at radius 1 is 1.30 bits per heavy atom. The van der Waals surface area contributed by atoms with Gasteiger partial charge in [0.1, 0.15) is 0 Å². The summed E-state index contributed by atoms with van der Waals surface area (Å²) in [4.78, 5) is 24.6. The van der Waals surface area contributed by atoms with Crippen molar-refractivity contribution in [3.63, 3.8) is 0 Å². The number of rotatable bonds is 4. The molecule has 3 rings (SSSR count). The molecule has 3 aliphatic rings. The zero-order chi connectivity index (χ0) is 14.1. The lowest BCUT2D eigenvalue weighted by atomic mass is 9.78. The molecule has 20 heavy (non-hydrogen) atoms. The van der Waals surface area contributed by atoms with Crippen molar-refractivity contribution in [3.05, 3.63) is 0 Å². The van der Waals surface area contributed by atoms with E-state index in [-0.39, 0.29) is 30.5 Å². The van der Waals surface area contributed by atoms with E-state index in [0.717, 1.165) is 12.8 Å². The molecule has 2 aliphatic carbocycles. The van der Waals surface area contributed by atoms with Crippen LogP contribution in [-0.4, -0.2) is 53.8 Å². The topological polar surface area (TPSA) is 78.9 Å². The largest absolute Gasteiger partial charge is 0.481 e. The summed E-state index contributed by atoms with van der Waals surface area (Å²) in [5.41, 5.74) is 0. The summed E-state index contributed by atoms with van der Waals surface area (Å²) in [7, 11) is 0. The van der Waals surface area contributed by atoms with Gasteiger partial charge in [0.25, 0.3) is 0 Å². The van der Waals surface area contributed by atoms with E-state index >= 15 is 0 Å². The lowest BCUT2D eigenvalue weighted by Gasteiger charge is -2.38. The number of hydrogen-bond acceptors (Lipinski definition) is 3. The van der Waals surface area contributed by atoms with Crippen molar-refractivity contribution in [3.8, 4) is 0 Å². The highest BCUT2D eigenvalue weighted by Crippen LogP contribution is 2.36. The molecule has 0 spiro atoms. The molecule has 1 heterocycles. The number of nitrogens with one attached hydrogen (secondary N) is 1. The van der Waals surface area contributed by atoms with Crippen LogP contribution in [-0.2, 0) is 9.53 Å². The highest BCUT2D eigenvalue weighted by Gasteiger charge is 2.38. The Balaban J connectivity index is 1.40. The molecule has 2 amide bonds. The third-order valence-corrected chi connectivity index (χ3v) is 4.56. The second-order valence-corrected chi connectivity index (χ2v) is 6.27. The van der Waals surface area contributed by atoms with Gasteiger partial charge in [-0.05, 0) is 37.5 Å². The van der Waals surface area contributed by atoms with E-state index in [0.29, 0.717) is 25.6 Å². The molecule has 6 nitrogen and oxygen atoms in total. The molecule has 0 aromatic rings. The SMILES string of the molecule is O=C(O)CC1CC(NC(=O)N2CCOC(C3CC3)C2)C1. The first kappa shape index (κ1) is 13.7. The van der Waals surface area contributed by atoms with Gasteiger partial charge in [-0.1, -0.05) is 0 Å². The quantitative estimate of drug-likeness (QED) is 0.808. The maximum atomic E-state index is 12.2. The summed E-state index contributed by atoms with van der Waals surface area (Å²) in [6, 6.07) is 0.131. The summed E-state index contributed by atoms with van der Waals surface area (Å²) in [5.74, 6) is 0.121. The Bertz CT molecular complexity index is 391. The van der Waals surface area contributed by atoms with Crippen molar-refractivity contribution in [2.75, 3.05) is 19.7 Å². The first-order valence-corrected chi connectivity index (χ1v) is 7.50. The van der Waals surface area contributed by atoms with Gasteiger partial charge in [0, 0.05) is 25.6 Å². The van der Waals surface area contributed by atoms with Gasteiger partial charge >= 0.3 is 12.0 Å². The molecule has 0 bridgehead atoms.